The van der Waals surface area contributed by atoms with E-state index in [1.54, 1.807) is 7.11 Å². The van der Waals surface area contributed by atoms with E-state index in [-0.39, 0.29) is 11.3 Å². The lowest BCUT2D eigenvalue weighted by molar-refractivity contribution is -0.386. The second-order valence-electron chi connectivity index (χ2n) is 4.83. The van der Waals surface area contributed by atoms with Crippen molar-refractivity contribution in [3.05, 3.63) is 33.9 Å². The molecular weight excluding hydrogens is 306 g/mol. The molecule has 0 saturated heterocycles. The third-order valence-electron chi connectivity index (χ3n) is 2.52. The second-order valence-corrected chi connectivity index (χ2v) is 4.83. The SMILES string of the molecule is CCOC.COC(=O)c1ccc(OC(C)(C)C=O)c([N+](=O)[O-])c1. The number of hydrogen-bond acceptors (Lipinski definition) is 7. The van der Waals surface area contributed by atoms with Gasteiger partial charge in [0.05, 0.1) is 17.6 Å². The van der Waals surface area contributed by atoms with Crippen LogP contribution >= 0.6 is 0 Å². The second kappa shape index (κ2) is 9.52. The molecule has 0 aliphatic carbocycles. The van der Waals surface area contributed by atoms with Crippen LogP contribution in [0.2, 0.25) is 0 Å². The van der Waals surface area contributed by atoms with Gasteiger partial charge in [-0.3, -0.25) is 14.9 Å². The molecule has 1 aromatic carbocycles. The highest BCUT2D eigenvalue weighted by Crippen LogP contribution is 2.30. The Kier molecular flexibility index (Phi) is 8.49. The number of ether oxygens (including phenoxy) is 3. The molecule has 0 aliphatic rings. The number of nitro groups is 1. The lowest BCUT2D eigenvalue weighted by Gasteiger charge is -2.19. The van der Waals surface area contributed by atoms with E-state index in [0.29, 0.717) is 6.29 Å². The van der Waals surface area contributed by atoms with Gasteiger partial charge < -0.3 is 14.2 Å². The average Bonchev–Trinajstić information content (AvgIpc) is 2.54. The third-order valence-corrected chi connectivity index (χ3v) is 2.52. The molecule has 1 aromatic rings. The van der Waals surface area contributed by atoms with Crippen molar-refractivity contribution in [2.24, 2.45) is 0 Å². The van der Waals surface area contributed by atoms with Crippen molar-refractivity contribution in [3.63, 3.8) is 0 Å². The first-order chi connectivity index (χ1) is 10.7. The first-order valence-corrected chi connectivity index (χ1v) is 6.73. The van der Waals surface area contributed by atoms with Crippen LogP contribution in [0.5, 0.6) is 5.75 Å². The summed E-state index contributed by atoms with van der Waals surface area (Å²) < 4.78 is 14.3. The van der Waals surface area contributed by atoms with Crippen LogP contribution in [0.25, 0.3) is 0 Å². The molecule has 0 fully saturated rings. The van der Waals surface area contributed by atoms with Crippen LogP contribution < -0.4 is 4.74 Å². The van der Waals surface area contributed by atoms with E-state index < -0.39 is 22.2 Å². The molecule has 8 heteroatoms. The van der Waals surface area contributed by atoms with Gasteiger partial charge in [0.2, 0.25) is 0 Å². The summed E-state index contributed by atoms with van der Waals surface area (Å²) >= 11 is 0. The summed E-state index contributed by atoms with van der Waals surface area (Å²) in [6, 6.07) is 3.63. The predicted octanol–water partition coefficient (Wildman–Crippen LogP) is 2.39. The molecule has 0 spiro atoms. The van der Waals surface area contributed by atoms with Gasteiger partial charge in [-0.15, -0.1) is 0 Å². The van der Waals surface area contributed by atoms with E-state index in [4.69, 9.17) is 4.74 Å². The molecular formula is C15H21NO7. The number of aldehydes is 1. The molecule has 0 heterocycles. The molecule has 0 saturated carbocycles. The highest BCUT2D eigenvalue weighted by Gasteiger charge is 2.25. The molecule has 0 unspecified atom stereocenters. The quantitative estimate of drug-likeness (QED) is 0.342. The van der Waals surface area contributed by atoms with Crippen molar-refractivity contribution in [1.29, 1.82) is 0 Å². The number of carbonyl (C=O) groups is 2. The molecule has 0 N–H and O–H groups in total. The Labute approximate surface area is 134 Å². The van der Waals surface area contributed by atoms with E-state index in [2.05, 4.69) is 9.47 Å². The van der Waals surface area contributed by atoms with Crippen molar-refractivity contribution in [2.75, 3.05) is 20.8 Å². The summed E-state index contributed by atoms with van der Waals surface area (Å²) in [4.78, 5) is 32.3. The Morgan fingerprint density at radius 3 is 2.30 bits per heavy atom. The average molecular weight is 327 g/mol. The normalized spacial score (nSPS) is 10.1. The van der Waals surface area contributed by atoms with Crippen LogP contribution in [-0.2, 0) is 14.3 Å². The van der Waals surface area contributed by atoms with Crippen LogP contribution in [0.3, 0.4) is 0 Å². The Balaban J connectivity index is 0.00000108. The zero-order valence-corrected chi connectivity index (χ0v) is 13.8. The molecule has 1 rings (SSSR count). The van der Waals surface area contributed by atoms with Gasteiger partial charge in [-0.05, 0) is 32.9 Å². The maximum Gasteiger partial charge on any atom is 0.338 e. The van der Waals surface area contributed by atoms with Crippen molar-refractivity contribution < 1.29 is 28.7 Å². The molecule has 0 aliphatic heterocycles. The van der Waals surface area contributed by atoms with E-state index in [1.807, 2.05) is 6.92 Å². The van der Waals surface area contributed by atoms with Gasteiger partial charge in [-0.25, -0.2) is 4.79 Å². The number of benzene rings is 1. The van der Waals surface area contributed by atoms with E-state index in [0.717, 1.165) is 12.7 Å². The monoisotopic (exact) mass is 327 g/mol. The third kappa shape index (κ3) is 6.88. The molecule has 0 bridgehead atoms. The summed E-state index contributed by atoms with van der Waals surface area (Å²) in [5, 5.41) is 10.9. The Morgan fingerprint density at radius 1 is 1.35 bits per heavy atom. The minimum atomic E-state index is -1.20. The van der Waals surface area contributed by atoms with Crippen LogP contribution in [0.4, 0.5) is 5.69 Å². The largest absolute Gasteiger partial charge is 0.473 e. The Morgan fingerprint density at radius 2 is 1.91 bits per heavy atom. The van der Waals surface area contributed by atoms with Gasteiger partial charge in [0.15, 0.2) is 17.6 Å². The van der Waals surface area contributed by atoms with Crippen molar-refractivity contribution in [2.45, 2.75) is 26.4 Å². The van der Waals surface area contributed by atoms with Crippen molar-refractivity contribution in [3.8, 4) is 5.75 Å². The summed E-state index contributed by atoms with van der Waals surface area (Å²) in [5.41, 5.74) is -1.57. The molecule has 8 nitrogen and oxygen atoms in total. The fourth-order valence-corrected chi connectivity index (χ4v) is 1.30. The molecule has 128 valence electrons. The zero-order chi connectivity index (χ0) is 18.0. The van der Waals surface area contributed by atoms with Crippen LogP contribution in [0.15, 0.2) is 18.2 Å². The minimum Gasteiger partial charge on any atom is -0.473 e. The first kappa shape index (κ1) is 20.5. The van der Waals surface area contributed by atoms with E-state index >= 15 is 0 Å². The molecule has 0 atom stereocenters. The Hall–Kier alpha value is -2.48. The van der Waals surface area contributed by atoms with Crippen LogP contribution in [-0.4, -0.2) is 43.6 Å². The lowest BCUT2D eigenvalue weighted by atomic mass is 10.1. The van der Waals surface area contributed by atoms with Gasteiger partial charge in [0.1, 0.15) is 0 Å². The van der Waals surface area contributed by atoms with E-state index in [1.165, 1.54) is 33.1 Å². The maximum absolute atomic E-state index is 11.3. The number of methoxy groups -OCH3 is 2. The summed E-state index contributed by atoms with van der Waals surface area (Å²) in [7, 11) is 2.86. The van der Waals surface area contributed by atoms with Crippen molar-refractivity contribution >= 4 is 17.9 Å². The highest BCUT2D eigenvalue weighted by atomic mass is 16.6. The summed E-state index contributed by atoms with van der Waals surface area (Å²) in [6.07, 6.45) is 0.533. The minimum absolute atomic E-state index is 0.0328. The highest BCUT2D eigenvalue weighted by molar-refractivity contribution is 5.90. The van der Waals surface area contributed by atoms with Crippen LogP contribution in [0, 0.1) is 10.1 Å². The number of rotatable bonds is 6. The molecule has 0 aromatic heterocycles. The Bertz CT molecular complexity index is 553. The molecule has 0 amide bonds. The van der Waals surface area contributed by atoms with Gasteiger partial charge in [-0.1, -0.05) is 0 Å². The number of carbonyl (C=O) groups excluding carboxylic acids is 2. The number of nitrogens with zero attached hydrogens (tertiary/aromatic N) is 1. The van der Waals surface area contributed by atoms with E-state index in [9.17, 15) is 19.7 Å². The number of esters is 1. The van der Waals surface area contributed by atoms with Crippen LogP contribution in [0.1, 0.15) is 31.1 Å². The van der Waals surface area contributed by atoms with Crippen molar-refractivity contribution in [1.82, 2.24) is 0 Å². The fraction of sp³-hybridized carbons (Fsp3) is 0.467. The number of nitro benzene ring substituents is 1. The van der Waals surface area contributed by atoms with Gasteiger partial charge in [0.25, 0.3) is 0 Å². The summed E-state index contributed by atoms with van der Waals surface area (Å²) in [5.74, 6) is -0.779. The number of hydrogen-bond donors (Lipinski definition) is 0. The summed E-state index contributed by atoms with van der Waals surface area (Å²) in [6.45, 7) is 5.72. The predicted molar refractivity (Wildman–Crippen MR) is 82.8 cm³/mol. The molecule has 23 heavy (non-hydrogen) atoms. The molecule has 0 radical (unpaired) electrons. The fourth-order valence-electron chi connectivity index (χ4n) is 1.30. The smallest absolute Gasteiger partial charge is 0.338 e. The standard InChI is InChI=1S/C12H13NO6.C3H8O/c1-12(2,7-14)19-10-5-4-8(11(15)18-3)6-9(10)13(16)17;1-3-4-2/h4-7H,1-3H3;3H2,1-2H3. The zero-order valence-electron chi connectivity index (χ0n) is 13.8. The van der Waals surface area contributed by atoms with Gasteiger partial charge in [-0.2, -0.15) is 0 Å². The topological polar surface area (TPSA) is 105 Å². The first-order valence-electron chi connectivity index (χ1n) is 6.73. The van der Waals surface area contributed by atoms with Gasteiger partial charge in [0, 0.05) is 19.8 Å². The maximum atomic E-state index is 11.3. The van der Waals surface area contributed by atoms with Gasteiger partial charge >= 0.3 is 11.7 Å². The lowest BCUT2D eigenvalue weighted by Crippen LogP contribution is -2.30.